The summed E-state index contributed by atoms with van der Waals surface area (Å²) < 4.78 is 30.1. The molecule has 0 fully saturated rings. The van der Waals surface area contributed by atoms with Gasteiger partial charge < -0.3 is 9.84 Å². The van der Waals surface area contributed by atoms with Crippen LogP contribution in [0.15, 0.2) is 47.9 Å². The van der Waals surface area contributed by atoms with Gasteiger partial charge >= 0.3 is 5.97 Å². The molecule has 148 valence electrons. The van der Waals surface area contributed by atoms with Crippen molar-refractivity contribution >= 4 is 21.5 Å². The summed E-state index contributed by atoms with van der Waals surface area (Å²) in [4.78, 5) is 22.5. The molecule has 0 spiro atoms. The number of carbonyl (C=O) groups is 1. The van der Waals surface area contributed by atoms with Crippen LogP contribution in [0.25, 0.3) is 0 Å². The Labute approximate surface area is 162 Å². The van der Waals surface area contributed by atoms with E-state index in [1.807, 2.05) is 0 Å². The van der Waals surface area contributed by atoms with Gasteiger partial charge in [-0.25, -0.2) is 13.2 Å². The van der Waals surface area contributed by atoms with Gasteiger partial charge in [-0.1, -0.05) is 29.5 Å². The number of sulfone groups is 1. The van der Waals surface area contributed by atoms with E-state index in [1.54, 1.807) is 19.1 Å². The van der Waals surface area contributed by atoms with E-state index in [1.165, 1.54) is 18.2 Å². The average molecular weight is 404 g/mol. The summed E-state index contributed by atoms with van der Waals surface area (Å²) in [7, 11) is -2.94. The van der Waals surface area contributed by atoms with Gasteiger partial charge in [0.05, 0.1) is 28.2 Å². The molecular formula is C19H18NO7S-. The Balaban J connectivity index is 2.72. The van der Waals surface area contributed by atoms with E-state index >= 15 is 0 Å². The van der Waals surface area contributed by atoms with Gasteiger partial charge in [-0.05, 0) is 31.0 Å². The number of nitro benzene ring substituents is 1. The minimum atomic E-state index is -3.98. The van der Waals surface area contributed by atoms with Gasteiger partial charge in [0.15, 0.2) is 9.84 Å². The van der Waals surface area contributed by atoms with Crippen LogP contribution in [0.2, 0.25) is 0 Å². The van der Waals surface area contributed by atoms with Crippen LogP contribution in [-0.4, -0.2) is 26.4 Å². The van der Waals surface area contributed by atoms with E-state index in [-0.39, 0.29) is 22.4 Å². The molecule has 0 N–H and O–H groups in total. The van der Waals surface area contributed by atoms with Gasteiger partial charge in [-0.2, -0.15) is 0 Å². The number of rotatable bonds is 7. The number of allylic oxidation sites excluding steroid dienone is 1. The Morgan fingerprint density at radius 3 is 2.36 bits per heavy atom. The topological polar surface area (TPSA) is 127 Å². The van der Waals surface area contributed by atoms with Crippen LogP contribution in [0.1, 0.15) is 27.0 Å². The molecule has 2 rings (SSSR count). The first-order valence-corrected chi connectivity index (χ1v) is 9.76. The van der Waals surface area contributed by atoms with Crippen molar-refractivity contribution in [2.75, 3.05) is 7.11 Å². The highest BCUT2D eigenvalue weighted by Gasteiger charge is 2.28. The maximum absolute atomic E-state index is 12.8. The lowest BCUT2D eigenvalue weighted by Crippen LogP contribution is -2.15. The minimum Gasteiger partial charge on any atom is -0.872 e. The number of nitro groups is 1. The lowest BCUT2D eigenvalue weighted by Gasteiger charge is -2.21. The predicted octanol–water partition coefficient (Wildman–Crippen LogP) is 2.47. The number of benzene rings is 2. The second kappa shape index (κ2) is 8.22. The van der Waals surface area contributed by atoms with Crippen LogP contribution in [-0.2, 0) is 26.7 Å². The third-order valence-electron chi connectivity index (χ3n) is 4.14. The largest absolute Gasteiger partial charge is 0.872 e. The third-order valence-corrected chi connectivity index (χ3v) is 5.80. The number of aryl methyl sites for hydroxylation is 1. The van der Waals surface area contributed by atoms with Gasteiger partial charge in [0.1, 0.15) is 0 Å². The van der Waals surface area contributed by atoms with Crippen LogP contribution in [0.4, 0.5) is 5.69 Å². The molecule has 8 nitrogen and oxygen atoms in total. The SMILES string of the molecule is C=CCc1c([O-])c(C(=O)OC)cc([N+](=O)[O-])c1CS(=O)(=O)c1ccc(C)cc1. The second-order valence-electron chi connectivity index (χ2n) is 6.04. The van der Waals surface area contributed by atoms with E-state index in [4.69, 9.17) is 0 Å². The van der Waals surface area contributed by atoms with Crippen LogP contribution >= 0.6 is 0 Å². The van der Waals surface area contributed by atoms with Gasteiger partial charge in [0, 0.05) is 11.6 Å². The molecule has 0 saturated carbocycles. The molecule has 9 heteroatoms. The van der Waals surface area contributed by atoms with E-state index < -0.39 is 43.5 Å². The maximum atomic E-state index is 12.8. The zero-order chi connectivity index (χ0) is 21.1. The summed E-state index contributed by atoms with van der Waals surface area (Å²) in [6.45, 7) is 5.29. The average Bonchev–Trinajstić information content (AvgIpc) is 2.64. The van der Waals surface area contributed by atoms with E-state index in [2.05, 4.69) is 11.3 Å². The molecule has 2 aromatic rings. The summed E-state index contributed by atoms with van der Waals surface area (Å²) in [6.07, 6.45) is 1.17. The summed E-state index contributed by atoms with van der Waals surface area (Å²) >= 11 is 0. The Morgan fingerprint density at radius 1 is 1.25 bits per heavy atom. The fraction of sp³-hybridized carbons (Fsp3) is 0.211. The molecule has 0 radical (unpaired) electrons. The third kappa shape index (κ3) is 4.20. The van der Waals surface area contributed by atoms with Crippen molar-refractivity contribution in [3.63, 3.8) is 0 Å². The molecule has 0 unspecified atom stereocenters. The first-order valence-electron chi connectivity index (χ1n) is 8.11. The number of hydrogen-bond donors (Lipinski definition) is 0. The van der Waals surface area contributed by atoms with Crippen molar-refractivity contribution in [2.24, 2.45) is 0 Å². The van der Waals surface area contributed by atoms with Crippen LogP contribution in [0, 0.1) is 17.0 Å². The molecule has 0 bridgehead atoms. The molecule has 0 amide bonds. The Hall–Kier alpha value is -3.20. The Kier molecular flexibility index (Phi) is 6.19. The standard InChI is InChI=1S/C19H19NO7S/c1-4-5-14-16(11-28(25,26)13-8-6-12(2)7-9-13)17(20(23)24)10-15(18(14)21)19(22)27-3/h4,6-10,21H,1,5,11H2,2-3H3/p-1. The summed E-state index contributed by atoms with van der Waals surface area (Å²) in [5.41, 5.74) is -0.736. The number of ether oxygens (including phenoxy) is 1. The molecule has 0 aromatic heterocycles. The highest BCUT2D eigenvalue weighted by atomic mass is 32.2. The lowest BCUT2D eigenvalue weighted by molar-refractivity contribution is -0.385. The molecule has 2 aromatic carbocycles. The van der Waals surface area contributed by atoms with E-state index in [0.717, 1.165) is 18.7 Å². The molecule has 0 heterocycles. The molecule has 0 aliphatic rings. The van der Waals surface area contributed by atoms with E-state index in [9.17, 15) is 28.4 Å². The molecule has 0 aliphatic heterocycles. The predicted molar refractivity (Wildman–Crippen MR) is 99.9 cm³/mol. The summed E-state index contributed by atoms with van der Waals surface area (Å²) in [5.74, 6) is -2.61. The van der Waals surface area contributed by atoms with Gasteiger partial charge in [0.25, 0.3) is 5.69 Å². The number of carbonyl (C=O) groups excluding carboxylic acids is 1. The number of methoxy groups -OCH3 is 1. The van der Waals surface area contributed by atoms with Crippen molar-refractivity contribution in [3.05, 3.63) is 75.4 Å². The second-order valence-corrected chi connectivity index (χ2v) is 8.03. The monoisotopic (exact) mass is 404 g/mol. The van der Waals surface area contributed by atoms with E-state index in [0.29, 0.717) is 0 Å². The summed E-state index contributed by atoms with van der Waals surface area (Å²) in [5, 5.41) is 24.2. The van der Waals surface area contributed by atoms with Gasteiger partial charge in [-0.3, -0.25) is 10.1 Å². The fourth-order valence-electron chi connectivity index (χ4n) is 2.71. The zero-order valence-electron chi connectivity index (χ0n) is 15.3. The van der Waals surface area contributed by atoms with Crippen LogP contribution in [0.5, 0.6) is 5.75 Å². The first kappa shape index (κ1) is 21.1. The van der Waals surface area contributed by atoms with Crippen LogP contribution < -0.4 is 5.11 Å². The highest BCUT2D eigenvalue weighted by molar-refractivity contribution is 7.90. The normalized spacial score (nSPS) is 11.1. The maximum Gasteiger partial charge on any atom is 0.337 e. The zero-order valence-corrected chi connectivity index (χ0v) is 16.1. The van der Waals surface area contributed by atoms with Gasteiger partial charge in [0.2, 0.25) is 0 Å². The molecule has 28 heavy (non-hydrogen) atoms. The highest BCUT2D eigenvalue weighted by Crippen LogP contribution is 2.35. The lowest BCUT2D eigenvalue weighted by atomic mass is 9.98. The quantitative estimate of drug-likeness (QED) is 0.300. The van der Waals surface area contributed by atoms with Crippen molar-refractivity contribution in [1.29, 1.82) is 0 Å². The molecule has 0 saturated heterocycles. The summed E-state index contributed by atoms with van der Waals surface area (Å²) in [6, 6.07) is 6.76. The molecule has 0 atom stereocenters. The molecule has 0 aliphatic carbocycles. The van der Waals surface area contributed by atoms with Crippen molar-refractivity contribution < 1.29 is 28.0 Å². The van der Waals surface area contributed by atoms with Crippen LogP contribution in [0.3, 0.4) is 0 Å². The number of esters is 1. The number of nitrogens with zero attached hydrogens (tertiary/aromatic N) is 1. The van der Waals surface area contributed by atoms with Crippen molar-refractivity contribution in [2.45, 2.75) is 24.0 Å². The Morgan fingerprint density at radius 2 is 1.86 bits per heavy atom. The first-order chi connectivity index (χ1) is 13.1. The fourth-order valence-corrected chi connectivity index (χ4v) is 4.13. The van der Waals surface area contributed by atoms with Crippen molar-refractivity contribution in [1.82, 2.24) is 0 Å². The minimum absolute atomic E-state index is 0.0264. The Bertz CT molecular complexity index is 1040. The van der Waals surface area contributed by atoms with Gasteiger partial charge in [-0.15, -0.1) is 6.58 Å². The number of hydrogen-bond acceptors (Lipinski definition) is 7. The smallest absolute Gasteiger partial charge is 0.337 e. The molecular weight excluding hydrogens is 386 g/mol. The van der Waals surface area contributed by atoms with Crippen molar-refractivity contribution in [3.8, 4) is 5.75 Å².